The summed E-state index contributed by atoms with van der Waals surface area (Å²) < 4.78 is 11.0. The average molecular weight is 352 g/mol. The molecule has 0 aromatic heterocycles. The molecule has 0 saturated heterocycles. The van der Waals surface area contributed by atoms with Crippen LogP contribution >= 0.6 is 7.60 Å². The Hall–Kier alpha value is -1.48. The van der Waals surface area contributed by atoms with Crippen molar-refractivity contribution in [2.45, 2.75) is 45.6 Å². The van der Waals surface area contributed by atoms with Crippen molar-refractivity contribution in [3.63, 3.8) is 0 Å². The van der Waals surface area contributed by atoms with Crippen molar-refractivity contribution in [3.8, 4) is 0 Å². The Labute approximate surface area is 134 Å². The first kappa shape index (κ1) is 21.5. The lowest BCUT2D eigenvalue weighted by molar-refractivity contribution is -0.131. The number of hydrogen-bond donors (Lipinski definition) is 6. The molecule has 0 radical (unpaired) electrons. The SMILES string of the molecule is CCNCC(=O)N[C@@H](C)C(=O)N[C@@H](C)C(=O)N[C@@H](C)P(=O)(O)O. The minimum atomic E-state index is -4.44. The van der Waals surface area contributed by atoms with Crippen molar-refractivity contribution in [2.75, 3.05) is 13.1 Å². The van der Waals surface area contributed by atoms with Gasteiger partial charge in [0.15, 0.2) is 0 Å². The Morgan fingerprint density at radius 3 is 1.91 bits per heavy atom. The molecule has 0 aromatic rings. The van der Waals surface area contributed by atoms with Gasteiger partial charge in [-0.1, -0.05) is 6.92 Å². The summed E-state index contributed by atoms with van der Waals surface area (Å²) in [6, 6.07) is -1.86. The molecule has 0 aliphatic rings. The topological polar surface area (TPSA) is 157 Å². The van der Waals surface area contributed by atoms with Crippen LogP contribution in [0.3, 0.4) is 0 Å². The van der Waals surface area contributed by atoms with Gasteiger partial charge in [0, 0.05) is 0 Å². The lowest BCUT2D eigenvalue weighted by Gasteiger charge is -2.21. The molecule has 6 N–H and O–H groups in total. The predicted octanol–water partition coefficient (Wildman–Crippen LogP) is -1.75. The number of amides is 3. The summed E-state index contributed by atoms with van der Waals surface area (Å²) in [5.41, 5.74) is 0. The minimum absolute atomic E-state index is 0.0734. The van der Waals surface area contributed by atoms with Crippen molar-refractivity contribution >= 4 is 25.3 Å². The fourth-order valence-electron chi connectivity index (χ4n) is 1.42. The summed E-state index contributed by atoms with van der Waals surface area (Å²) in [5, 5.41) is 9.74. The highest BCUT2D eigenvalue weighted by molar-refractivity contribution is 7.52. The average Bonchev–Trinajstić information content (AvgIpc) is 2.43. The number of likely N-dealkylation sites (N-methyl/N-ethyl adjacent to an activating group) is 1. The van der Waals surface area contributed by atoms with E-state index in [-0.39, 0.29) is 12.5 Å². The molecule has 10 nitrogen and oxygen atoms in total. The van der Waals surface area contributed by atoms with Crippen LogP contribution in [0, 0.1) is 0 Å². The number of hydrogen-bond acceptors (Lipinski definition) is 5. The monoisotopic (exact) mass is 352 g/mol. The number of carbonyl (C=O) groups is 3. The zero-order valence-electron chi connectivity index (χ0n) is 13.6. The van der Waals surface area contributed by atoms with Crippen LogP contribution in [-0.4, -0.2) is 58.5 Å². The fraction of sp³-hybridized carbons (Fsp3) is 0.750. The van der Waals surface area contributed by atoms with Crippen LogP contribution in [0.5, 0.6) is 0 Å². The Bertz CT molecular complexity index is 480. The number of nitrogens with one attached hydrogen (secondary N) is 4. The van der Waals surface area contributed by atoms with Gasteiger partial charge in [0.25, 0.3) is 0 Å². The van der Waals surface area contributed by atoms with Gasteiger partial charge in [0.05, 0.1) is 6.54 Å². The van der Waals surface area contributed by atoms with E-state index in [1.807, 2.05) is 6.92 Å². The largest absolute Gasteiger partial charge is 0.347 e. The first-order chi connectivity index (χ1) is 10.5. The molecule has 0 spiro atoms. The molecule has 0 heterocycles. The lowest BCUT2D eigenvalue weighted by Crippen LogP contribution is -2.53. The van der Waals surface area contributed by atoms with E-state index in [0.717, 1.165) is 6.92 Å². The lowest BCUT2D eigenvalue weighted by atomic mass is 10.2. The molecule has 3 atom stereocenters. The van der Waals surface area contributed by atoms with Gasteiger partial charge in [-0.15, -0.1) is 0 Å². The first-order valence-electron chi connectivity index (χ1n) is 7.15. The molecule has 0 fully saturated rings. The second kappa shape index (κ2) is 9.61. The van der Waals surface area contributed by atoms with Crippen molar-refractivity contribution in [2.24, 2.45) is 0 Å². The standard InChI is InChI=1S/C12H25N4O6P/c1-5-13-6-10(17)14-7(2)11(18)15-8(3)12(19)16-9(4)23(20,21)22/h7-9,13H,5-6H2,1-4H3,(H,14,17)(H,15,18)(H,16,19)(H2,20,21,22)/t7-,8-,9+/m0/s1. The molecule has 3 amide bonds. The zero-order valence-corrected chi connectivity index (χ0v) is 14.5. The van der Waals surface area contributed by atoms with Crippen LogP contribution in [0.25, 0.3) is 0 Å². The van der Waals surface area contributed by atoms with E-state index in [0.29, 0.717) is 6.54 Å². The van der Waals surface area contributed by atoms with Gasteiger partial charge in [-0.3, -0.25) is 18.9 Å². The smallest absolute Gasteiger partial charge is 0.343 e. The Balaban J connectivity index is 4.39. The predicted molar refractivity (Wildman–Crippen MR) is 83.4 cm³/mol. The summed E-state index contributed by atoms with van der Waals surface area (Å²) in [4.78, 5) is 52.9. The third kappa shape index (κ3) is 8.65. The van der Waals surface area contributed by atoms with Gasteiger partial charge in [0.1, 0.15) is 17.9 Å². The van der Waals surface area contributed by atoms with Crippen LogP contribution in [0.15, 0.2) is 0 Å². The fourth-order valence-corrected chi connectivity index (χ4v) is 1.71. The maximum absolute atomic E-state index is 11.9. The minimum Gasteiger partial charge on any atom is -0.343 e. The highest BCUT2D eigenvalue weighted by Crippen LogP contribution is 2.38. The van der Waals surface area contributed by atoms with Crippen molar-refractivity contribution in [3.05, 3.63) is 0 Å². The van der Waals surface area contributed by atoms with E-state index in [1.54, 1.807) is 0 Å². The maximum atomic E-state index is 11.9. The molecular formula is C12H25N4O6P. The molecule has 23 heavy (non-hydrogen) atoms. The van der Waals surface area contributed by atoms with E-state index >= 15 is 0 Å². The molecule has 0 aromatic carbocycles. The molecule has 0 aliphatic heterocycles. The summed E-state index contributed by atoms with van der Waals surface area (Å²) in [6.45, 7) is 6.51. The van der Waals surface area contributed by atoms with Crippen LogP contribution in [0.2, 0.25) is 0 Å². The number of rotatable bonds is 9. The molecule has 0 unspecified atom stereocenters. The second-order valence-corrected chi connectivity index (χ2v) is 7.03. The van der Waals surface area contributed by atoms with Crippen molar-refractivity contribution in [1.29, 1.82) is 0 Å². The third-order valence-corrected chi connectivity index (χ3v) is 4.05. The number of carbonyl (C=O) groups excluding carboxylic acids is 3. The molecule has 134 valence electrons. The van der Waals surface area contributed by atoms with E-state index in [9.17, 15) is 18.9 Å². The molecule has 0 bridgehead atoms. The normalized spacial score (nSPS) is 15.2. The zero-order chi connectivity index (χ0) is 18.2. The molecule has 11 heteroatoms. The highest BCUT2D eigenvalue weighted by Gasteiger charge is 2.28. The van der Waals surface area contributed by atoms with Crippen LogP contribution in [-0.2, 0) is 18.9 Å². The maximum Gasteiger partial charge on any atom is 0.347 e. The first-order valence-corrected chi connectivity index (χ1v) is 8.83. The van der Waals surface area contributed by atoms with Gasteiger partial charge in [-0.25, -0.2) is 0 Å². The van der Waals surface area contributed by atoms with Crippen LogP contribution in [0.1, 0.15) is 27.7 Å². The second-order valence-electron chi connectivity index (χ2n) is 5.07. The molecule has 0 aliphatic carbocycles. The quantitative estimate of drug-likeness (QED) is 0.268. The summed E-state index contributed by atoms with van der Waals surface area (Å²) in [6.07, 6.45) is 0. The van der Waals surface area contributed by atoms with Crippen molar-refractivity contribution in [1.82, 2.24) is 21.3 Å². The summed E-state index contributed by atoms with van der Waals surface area (Å²) in [5.74, 6) is -3.03. The third-order valence-electron chi connectivity index (χ3n) is 2.91. The van der Waals surface area contributed by atoms with Crippen molar-refractivity contribution < 1.29 is 28.7 Å². The highest BCUT2D eigenvalue weighted by atomic mass is 31.2. The van der Waals surface area contributed by atoms with E-state index in [2.05, 4.69) is 21.3 Å². The van der Waals surface area contributed by atoms with Gasteiger partial charge < -0.3 is 31.1 Å². The van der Waals surface area contributed by atoms with Gasteiger partial charge in [-0.2, -0.15) is 0 Å². The van der Waals surface area contributed by atoms with Crippen LogP contribution < -0.4 is 21.3 Å². The van der Waals surface area contributed by atoms with Gasteiger partial charge >= 0.3 is 7.60 Å². The molecular weight excluding hydrogens is 327 g/mol. The van der Waals surface area contributed by atoms with E-state index < -0.39 is 37.3 Å². The Morgan fingerprint density at radius 2 is 1.43 bits per heavy atom. The Kier molecular flexibility index (Phi) is 8.99. The summed E-state index contributed by atoms with van der Waals surface area (Å²) >= 11 is 0. The van der Waals surface area contributed by atoms with E-state index in [1.165, 1.54) is 13.8 Å². The van der Waals surface area contributed by atoms with E-state index in [4.69, 9.17) is 9.79 Å². The van der Waals surface area contributed by atoms with Crippen LogP contribution in [0.4, 0.5) is 0 Å². The Morgan fingerprint density at radius 1 is 0.957 bits per heavy atom. The van der Waals surface area contributed by atoms with Gasteiger partial charge in [0.2, 0.25) is 17.7 Å². The van der Waals surface area contributed by atoms with Gasteiger partial charge in [-0.05, 0) is 27.3 Å². The molecule has 0 rings (SSSR count). The molecule has 0 saturated carbocycles. The summed E-state index contributed by atoms with van der Waals surface area (Å²) in [7, 11) is -4.44.